The van der Waals surface area contributed by atoms with Gasteiger partial charge in [-0.3, -0.25) is 4.99 Å². The van der Waals surface area contributed by atoms with Crippen LogP contribution < -0.4 is 15.4 Å². The summed E-state index contributed by atoms with van der Waals surface area (Å²) >= 11 is 1.97. The van der Waals surface area contributed by atoms with Gasteiger partial charge in [0, 0.05) is 30.4 Å². The second-order valence-electron chi connectivity index (χ2n) is 5.65. The SMILES string of the molecule is C=CCOc1ccccc1CNC(=NC)NC1CCC(SC)C1.I. The Morgan fingerprint density at radius 3 is 2.88 bits per heavy atom. The number of halogens is 1. The third-order valence-electron chi connectivity index (χ3n) is 4.06. The first-order chi connectivity index (χ1) is 11.3. The van der Waals surface area contributed by atoms with Crippen LogP contribution in [0.15, 0.2) is 41.9 Å². The molecule has 24 heavy (non-hydrogen) atoms. The molecule has 2 atom stereocenters. The Balaban J connectivity index is 0.00000288. The molecule has 0 aliphatic heterocycles. The zero-order valence-electron chi connectivity index (χ0n) is 14.5. The fourth-order valence-corrected chi connectivity index (χ4v) is 3.59. The Bertz CT molecular complexity index is 539. The zero-order chi connectivity index (χ0) is 16.5. The zero-order valence-corrected chi connectivity index (χ0v) is 17.6. The van der Waals surface area contributed by atoms with Crippen LogP contribution in [0, 0.1) is 0 Å². The molecule has 4 nitrogen and oxygen atoms in total. The highest BCUT2D eigenvalue weighted by Gasteiger charge is 2.24. The van der Waals surface area contributed by atoms with Gasteiger partial charge in [0.15, 0.2) is 5.96 Å². The van der Waals surface area contributed by atoms with E-state index in [0.29, 0.717) is 19.2 Å². The van der Waals surface area contributed by atoms with Crippen molar-refractivity contribution in [2.45, 2.75) is 37.1 Å². The predicted molar refractivity (Wildman–Crippen MR) is 116 cm³/mol. The topological polar surface area (TPSA) is 45.6 Å². The fraction of sp³-hybridized carbons (Fsp3) is 0.500. The molecule has 6 heteroatoms. The molecular weight excluding hydrogens is 433 g/mol. The van der Waals surface area contributed by atoms with Crippen LogP contribution >= 0.6 is 35.7 Å². The molecule has 0 spiro atoms. The van der Waals surface area contributed by atoms with Gasteiger partial charge in [-0.1, -0.05) is 30.9 Å². The average Bonchev–Trinajstić information content (AvgIpc) is 3.05. The van der Waals surface area contributed by atoms with Crippen molar-refractivity contribution in [3.8, 4) is 5.75 Å². The number of guanidine groups is 1. The summed E-state index contributed by atoms with van der Waals surface area (Å²) in [5, 5.41) is 7.70. The molecule has 2 rings (SSSR count). The third-order valence-corrected chi connectivity index (χ3v) is 5.15. The van der Waals surface area contributed by atoms with Crippen molar-refractivity contribution in [3.05, 3.63) is 42.5 Å². The number of hydrogen-bond acceptors (Lipinski definition) is 3. The van der Waals surface area contributed by atoms with Gasteiger partial charge in [0.1, 0.15) is 12.4 Å². The van der Waals surface area contributed by atoms with Crippen molar-refractivity contribution in [2.75, 3.05) is 19.9 Å². The van der Waals surface area contributed by atoms with Crippen LogP contribution in [0.2, 0.25) is 0 Å². The Labute approximate surface area is 166 Å². The lowest BCUT2D eigenvalue weighted by Gasteiger charge is -2.18. The van der Waals surface area contributed by atoms with E-state index in [2.05, 4.69) is 34.5 Å². The largest absolute Gasteiger partial charge is 0.489 e. The van der Waals surface area contributed by atoms with E-state index in [1.54, 1.807) is 6.08 Å². The van der Waals surface area contributed by atoms with Crippen molar-refractivity contribution >= 4 is 41.7 Å². The minimum Gasteiger partial charge on any atom is -0.489 e. The number of nitrogens with one attached hydrogen (secondary N) is 2. The summed E-state index contributed by atoms with van der Waals surface area (Å²) in [5.41, 5.74) is 1.12. The van der Waals surface area contributed by atoms with E-state index in [0.717, 1.165) is 22.5 Å². The third kappa shape index (κ3) is 6.55. The lowest BCUT2D eigenvalue weighted by molar-refractivity contribution is 0.358. The minimum atomic E-state index is 0. The standard InChI is InChI=1S/C18H27N3OS.HI/c1-4-11-22-17-8-6-5-7-14(17)13-20-18(19-2)21-15-9-10-16(12-15)23-3;/h4-8,15-16H,1,9-13H2,2-3H3,(H2,19,20,21);1H. The number of thioether (sulfide) groups is 1. The smallest absolute Gasteiger partial charge is 0.191 e. The van der Waals surface area contributed by atoms with E-state index in [9.17, 15) is 0 Å². The van der Waals surface area contributed by atoms with Gasteiger partial charge in [-0.2, -0.15) is 11.8 Å². The molecular formula is C18H28IN3OS. The highest BCUT2D eigenvalue weighted by molar-refractivity contribution is 14.0. The maximum Gasteiger partial charge on any atom is 0.191 e. The second kappa shape index (κ2) is 11.6. The number of aliphatic imine (C=N–C) groups is 1. The first-order valence-electron chi connectivity index (χ1n) is 8.08. The first-order valence-corrected chi connectivity index (χ1v) is 9.37. The van der Waals surface area contributed by atoms with E-state index in [4.69, 9.17) is 4.74 Å². The van der Waals surface area contributed by atoms with Crippen molar-refractivity contribution in [2.24, 2.45) is 4.99 Å². The molecule has 1 aliphatic carbocycles. The number of rotatable bonds is 7. The molecule has 134 valence electrons. The molecule has 0 saturated heterocycles. The highest BCUT2D eigenvalue weighted by atomic mass is 127. The quantitative estimate of drug-likeness (QED) is 0.281. The molecule has 0 heterocycles. The molecule has 0 bridgehead atoms. The van der Waals surface area contributed by atoms with Gasteiger partial charge in [-0.25, -0.2) is 0 Å². The van der Waals surface area contributed by atoms with Gasteiger partial charge in [0.2, 0.25) is 0 Å². The van der Waals surface area contributed by atoms with E-state index < -0.39 is 0 Å². The predicted octanol–water partition coefficient (Wildman–Crippen LogP) is 3.82. The molecule has 1 fully saturated rings. The maximum absolute atomic E-state index is 5.69. The van der Waals surface area contributed by atoms with E-state index in [1.165, 1.54) is 19.3 Å². The molecule has 1 aromatic carbocycles. The summed E-state index contributed by atoms with van der Waals surface area (Å²) in [6.07, 6.45) is 7.66. The van der Waals surface area contributed by atoms with Crippen LogP contribution in [0.4, 0.5) is 0 Å². The van der Waals surface area contributed by atoms with E-state index >= 15 is 0 Å². The van der Waals surface area contributed by atoms with Crippen LogP contribution in [0.5, 0.6) is 5.75 Å². The van der Waals surface area contributed by atoms with Crippen molar-refractivity contribution in [1.82, 2.24) is 10.6 Å². The fourth-order valence-electron chi connectivity index (χ4n) is 2.79. The van der Waals surface area contributed by atoms with E-state index in [-0.39, 0.29) is 24.0 Å². The van der Waals surface area contributed by atoms with Gasteiger partial charge in [-0.05, 0) is 31.6 Å². The second-order valence-corrected chi connectivity index (χ2v) is 6.78. The number of ether oxygens (including phenoxy) is 1. The summed E-state index contributed by atoms with van der Waals surface area (Å²) in [4.78, 5) is 4.34. The highest BCUT2D eigenvalue weighted by Crippen LogP contribution is 2.28. The number of nitrogens with zero attached hydrogens (tertiary/aromatic N) is 1. The van der Waals surface area contributed by atoms with Crippen molar-refractivity contribution in [1.29, 1.82) is 0 Å². The summed E-state index contributed by atoms with van der Waals surface area (Å²) in [6, 6.07) is 8.57. The number of para-hydroxylation sites is 1. The normalized spacial score (nSPS) is 20.2. The Kier molecular flexibility index (Phi) is 10.2. The molecule has 1 aliphatic rings. The van der Waals surface area contributed by atoms with Crippen LogP contribution in [-0.2, 0) is 6.54 Å². The monoisotopic (exact) mass is 461 g/mol. The average molecular weight is 461 g/mol. The van der Waals surface area contributed by atoms with Crippen LogP contribution in [-0.4, -0.2) is 37.2 Å². The summed E-state index contributed by atoms with van der Waals surface area (Å²) in [6.45, 7) is 4.89. The summed E-state index contributed by atoms with van der Waals surface area (Å²) in [5.74, 6) is 1.74. The molecule has 0 amide bonds. The Morgan fingerprint density at radius 2 is 2.21 bits per heavy atom. The molecule has 0 radical (unpaired) electrons. The Morgan fingerprint density at radius 1 is 1.42 bits per heavy atom. The van der Waals surface area contributed by atoms with Gasteiger partial charge < -0.3 is 15.4 Å². The van der Waals surface area contributed by atoms with Crippen LogP contribution in [0.3, 0.4) is 0 Å². The van der Waals surface area contributed by atoms with Gasteiger partial charge in [-0.15, -0.1) is 24.0 Å². The number of benzene rings is 1. The summed E-state index contributed by atoms with van der Waals surface area (Å²) in [7, 11) is 1.82. The Hall–Kier alpha value is -0.890. The van der Waals surface area contributed by atoms with Crippen LogP contribution in [0.25, 0.3) is 0 Å². The molecule has 2 unspecified atom stereocenters. The van der Waals surface area contributed by atoms with Crippen LogP contribution in [0.1, 0.15) is 24.8 Å². The van der Waals surface area contributed by atoms with Gasteiger partial charge in [0.05, 0.1) is 0 Å². The lowest BCUT2D eigenvalue weighted by atomic mass is 10.2. The molecule has 2 N–H and O–H groups in total. The molecule has 0 aromatic heterocycles. The van der Waals surface area contributed by atoms with Gasteiger partial charge >= 0.3 is 0 Å². The van der Waals surface area contributed by atoms with Gasteiger partial charge in [0.25, 0.3) is 0 Å². The molecule has 1 saturated carbocycles. The van der Waals surface area contributed by atoms with Crippen molar-refractivity contribution < 1.29 is 4.74 Å². The molecule has 1 aromatic rings. The van der Waals surface area contributed by atoms with E-state index in [1.807, 2.05) is 37.0 Å². The lowest BCUT2D eigenvalue weighted by Crippen LogP contribution is -2.42. The first kappa shape index (κ1) is 21.2. The summed E-state index contributed by atoms with van der Waals surface area (Å²) < 4.78 is 5.69. The number of hydrogen-bond donors (Lipinski definition) is 2. The minimum absolute atomic E-state index is 0. The van der Waals surface area contributed by atoms with Crippen molar-refractivity contribution in [3.63, 3.8) is 0 Å². The maximum atomic E-state index is 5.69.